The molecule has 2 aromatic rings. The molecule has 0 aliphatic heterocycles. The molecule has 21 heavy (non-hydrogen) atoms. The molecule has 3 nitrogen and oxygen atoms in total. The lowest BCUT2D eigenvalue weighted by molar-refractivity contribution is 0.103. The first-order valence-electron chi connectivity index (χ1n) is 7.38. The summed E-state index contributed by atoms with van der Waals surface area (Å²) in [5.74, 6) is 0.878. The van der Waals surface area contributed by atoms with Gasteiger partial charge < -0.3 is 14.5 Å². The topological polar surface area (TPSA) is 34.4 Å². The first-order chi connectivity index (χ1) is 10.3. The molecule has 1 unspecified atom stereocenters. The van der Waals surface area contributed by atoms with Gasteiger partial charge in [-0.15, -0.1) is 0 Å². The standard InChI is InChI=1S/C17H22BrNO2/c1-2-17(14-6-3-7-15(18)12-14)19-9-5-10-20-13-16-8-4-11-21-16/h3-4,6-8,11-12,17,19H,2,5,9-10,13H2,1H3. The fraction of sp³-hybridized carbons (Fsp3) is 0.412. The van der Waals surface area contributed by atoms with E-state index in [1.807, 2.05) is 12.1 Å². The molecule has 0 fully saturated rings. The van der Waals surface area contributed by atoms with E-state index in [1.165, 1.54) is 5.56 Å². The largest absolute Gasteiger partial charge is 0.467 e. The van der Waals surface area contributed by atoms with Crippen LogP contribution in [-0.4, -0.2) is 13.2 Å². The average Bonchev–Trinajstić information content (AvgIpc) is 3.00. The minimum atomic E-state index is 0.396. The van der Waals surface area contributed by atoms with Gasteiger partial charge in [0.1, 0.15) is 12.4 Å². The summed E-state index contributed by atoms with van der Waals surface area (Å²) in [5, 5.41) is 3.58. The average molecular weight is 352 g/mol. The first kappa shape index (κ1) is 16.3. The maximum atomic E-state index is 5.58. The lowest BCUT2D eigenvalue weighted by atomic mass is 10.0. The van der Waals surface area contributed by atoms with E-state index in [4.69, 9.17) is 9.15 Å². The van der Waals surface area contributed by atoms with E-state index < -0.39 is 0 Å². The summed E-state index contributed by atoms with van der Waals surface area (Å²) in [6.07, 6.45) is 3.74. The molecule has 4 heteroatoms. The molecule has 0 spiro atoms. The summed E-state index contributed by atoms with van der Waals surface area (Å²) in [6.45, 7) is 4.44. The molecule has 0 saturated carbocycles. The highest BCUT2D eigenvalue weighted by atomic mass is 79.9. The summed E-state index contributed by atoms with van der Waals surface area (Å²) < 4.78 is 11.9. The molecule has 2 rings (SSSR count). The van der Waals surface area contributed by atoms with E-state index in [-0.39, 0.29) is 0 Å². The molecule has 0 saturated heterocycles. The molecule has 0 radical (unpaired) electrons. The molecular formula is C17H22BrNO2. The van der Waals surface area contributed by atoms with Crippen LogP contribution in [0.2, 0.25) is 0 Å². The Morgan fingerprint density at radius 1 is 1.29 bits per heavy atom. The molecule has 0 amide bonds. The van der Waals surface area contributed by atoms with E-state index in [9.17, 15) is 0 Å². The summed E-state index contributed by atoms with van der Waals surface area (Å²) in [4.78, 5) is 0. The Balaban J connectivity index is 1.64. The number of nitrogens with one attached hydrogen (secondary N) is 1. The van der Waals surface area contributed by atoms with Crippen LogP contribution in [0.4, 0.5) is 0 Å². The van der Waals surface area contributed by atoms with Crippen LogP contribution in [0.3, 0.4) is 0 Å². The van der Waals surface area contributed by atoms with Gasteiger partial charge >= 0.3 is 0 Å². The number of hydrogen-bond donors (Lipinski definition) is 1. The van der Waals surface area contributed by atoms with E-state index >= 15 is 0 Å². The van der Waals surface area contributed by atoms with E-state index in [0.29, 0.717) is 12.6 Å². The van der Waals surface area contributed by atoms with Crippen molar-refractivity contribution in [3.63, 3.8) is 0 Å². The number of rotatable bonds is 9. The van der Waals surface area contributed by atoms with Gasteiger partial charge in [0.15, 0.2) is 0 Å². The van der Waals surface area contributed by atoms with Crippen LogP contribution in [0.5, 0.6) is 0 Å². The van der Waals surface area contributed by atoms with E-state index in [0.717, 1.165) is 36.2 Å². The fourth-order valence-electron chi connectivity index (χ4n) is 2.24. The number of ether oxygens (including phenoxy) is 1. The lowest BCUT2D eigenvalue weighted by Gasteiger charge is -2.17. The minimum Gasteiger partial charge on any atom is -0.467 e. The van der Waals surface area contributed by atoms with Crippen molar-refractivity contribution in [2.45, 2.75) is 32.4 Å². The van der Waals surface area contributed by atoms with Crippen LogP contribution >= 0.6 is 15.9 Å². The third-order valence-electron chi connectivity index (χ3n) is 3.34. The zero-order valence-electron chi connectivity index (χ0n) is 12.3. The Kier molecular flexibility index (Phi) is 7.00. The van der Waals surface area contributed by atoms with E-state index in [2.05, 4.69) is 52.4 Å². The number of furan rings is 1. The Morgan fingerprint density at radius 3 is 2.90 bits per heavy atom. The van der Waals surface area contributed by atoms with Gasteiger partial charge in [0.05, 0.1) is 6.26 Å². The molecule has 1 heterocycles. The van der Waals surface area contributed by atoms with Crippen molar-refractivity contribution in [2.24, 2.45) is 0 Å². The smallest absolute Gasteiger partial charge is 0.129 e. The first-order valence-corrected chi connectivity index (χ1v) is 8.18. The molecule has 1 N–H and O–H groups in total. The number of benzene rings is 1. The zero-order chi connectivity index (χ0) is 14.9. The van der Waals surface area contributed by atoms with Crippen molar-refractivity contribution >= 4 is 15.9 Å². The monoisotopic (exact) mass is 351 g/mol. The van der Waals surface area contributed by atoms with Gasteiger partial charge in [0, 0.05) is 17.1 Å². The second-order valence-electron chi connectivity index (χ2n) is 4.96. The highest BCUT2D eigenvalue weighted by Gasteiger charge is 2.08. The summed E-state index contributed by atoms with van der Waals surface area (Å²) >= 11 is 3.52. The predicted octanol–water partition coefficient (Wildman–Crippen LogP) is 4.69. The molecule has 1 aromatic heterocycles. The van der Waals surface area contributed by atoms with Crippen LogP contribution in [0.25, 0.3) is 0 Å². The van der Waals surface area contributed by atoms with Crippen LogP contribution in [0, 0.1) is 0 Å². The summed E-state index contributed by atoms with van der Waals surface area (Å²) in [5.41, 5.74) is 1.32. The molecule has 1 aromatic carbocycles. The normalized spacial score (nSPS) is 12.5. The molecule has 0 aliphatic carbocycles. The van der Waals surface area contributed by atoms with Crippen molar-refractivity contribution in [3.05, 3.63) is 58.5 Å². The van der Waals surface area contributed by atoms with Crippen molar-refractivity contribution < 1.29 is 9.15 Å². The van der Waals surface area contributed by atoms with Gasteiger partial charge in [-0.1, -0.05) is 35.0 Å². The lowest BCUT2D eigenvalue weighted by Crippen LogP contribution is -2.22. The molecule has 0 bridgehead atoms. The van der Waals surface area contributed by atoms with Gasteiger partial charge in [-0.05, 0) is 49.2 Å². The Labute approximate surface area is 134 Å². The predicted molar refractivity (Wildman–Crippen MR) is 88.2 cm³/mol. The SMILES string of the molecule is CCC(NCCCOCc1ccco1)c1cccc(Br)c1. The second kappa shape index (κ2) is 9.03. The fourth-order valence-corrected chi connectivity index (χ4v) is 2.66. The molecule has 0 aliphatic rings. The zero-order valence-corrected chi connectivity index (χ0v) is 13.9. The van der Waals surface area contributed by atoms with Gasteiger partial charge in [-0.25, -0.2) is 0 Å². The van der Waals surface area contributed by atoms with E-state index in [1.54, 1.807) is 6.26 Å². The van der Waals surface area contributed by atoms with Crippen molar-refractivity contribution in [2.75, 3.05) is 13.2 Å². The highest BCUT2D eigenvalue weighted by Crippen LogP contribution is 2.20. The number of halogens is 1. The quantitative estimate of drug-likeness (QED) is 0.665. The van der Waals surface area contributed by atoms with Gasteiger partial charge in [-0.3, -0.25) is 0 Å². The maximum absolute atomic E-state index is 5.58. The highest BCUT2D eigenvalue weighted by molar-refractivity contribution is 9.10. The molecule has 1 atom stereocenters. The third kappa shape index (κ3) is 5.65. The number of hydrogen-bond acceptors (Lipinski definition) is 3. The van der Waals surface area contributed by atoms with Gasteiger partial charge in [0.25, 0.3) is 0 Å². The minimum absolute atomic E-state index is 0.396. The van der Waals surface area contributed by atoms with Crippen LogP contribution < -0.4 is 5.32 Å². The Hall–Kier alpha value is -1.10. The maximum Gasteiger partial charge on any atom is 0.129 e. The molecular weight excluding hydrogens is 330 g/mol. The Morgan fingerprint density at radius 2 is 2.19 bits per heavy atom. The van der Waals surface area contributed by atoms with Crippen LogP contribution in [0.15, 0.2) is 51.6 Å². The third-order valence-corrected chi connectivity index (χ3v) is 3.83. The van der Waals surface area contributed by atoms with Gasteiger partial charge in [0.2, 0.25) is 0 Å². The van der Waals surface area contributed by atoms with Crippen molar-refractivity contribution in [1.29, 1.82) is 0 Å². The van der Waals surface area contributed by atoms with Crippen LogP contribution in [0.1, 0.15) is 37.1 Å². The van der Waals surface area contributed by atoms with Gasteiger partial charge in [-0.2, -0.15) is 0 Å². The van der Waals surface area contributed by atoms with Crippen LogP contribution in [-0.2, 0) is 11.3 Å². The Bertz CT molecular complexity index is 513. The van der Waals surface area contributed by atoms with Crippen molar-refractivity contribution in [1.82, 2.24) is 5.32 Å². The second-order valence-corrected chi connectivity index (χ2v) is 5.87. The summed E-state index contributed by atoms with van der Waals surface area (Å²) in [6, 6.07) is 12.7. The van der Waals surface area contributed by atoms with Crippen molar-refractivity contribution in [3.8, 4) is 0 Å². The summed E-state index contributed by atoms with van der Waals surface area (Å²) in [7, 11) is 0. The molecule has 114 valence electrons.